The van der Waals surface area contributed by atoms with Gasteiger partial charge in [-0.3, -0.25) is 5.01 Å². The zero-order valence-electron chi connectivity index (χ0n) is 9.82. The van der Waals surface area contributed by atoms with Gasteiger partial charge < -0.3 is 4.74 Å². The Morgan fingerprint density at radius 3 is 3.22 bits per heavy atom. The summed E-state index contributed by atoms with van der Waals surface area (Å²) in [5.74, 6) is 0.268. The normalized spacial score (nSPS) is 23.2. The molecule has 1 aromatic rings. The maximum atomic E-state index is 11.8. The summed E-state index contributed by atoms with van der Waals surface area (Å²) in [6.45, 7) is 2.73. The zero-order chi connectivity index (χ0) is 13.2. The van der Waals surface area contributed by atoms with Crippen molar-refractivity contribution in [3.8, 4) is 0 Å². The molecule has 2 heterocycles. The van der Waals surface area contributed by atoms with Crippen LogP contribution in [0.1, 0.15) is 13.3 Å². The molecule has 0 bridgehead atoms. The van der Waals surface area contributed by atoms with Crippen molar-refractivity contribution < 1.29 is 9.53 Å². The highest BCUT2D eigenvalue weighted by Gasteiger charge is 2.44. The van der Waals surface area contributed by atoms with E-state index in [0.29, 0.717) is 30.4 Å². The molecule has 1 atom stereocenters. The van der Waals surface area contributed by atoms with Crippen LogP contribution in [0.5, 0.6) is 0 Å². The van der Waals surface area contributed by atoms with E-state index >= 15 is 0 Å². The van der Waals surface area contributed by atoms with Crippen LogP contribution in [0, 0.1) is 0 Å². The van der Waals surface area contributed by atoms with Crippen LogP contribution in [0.2, 0.25) is 5.02 Å². The van der Waals surface area contributed by atoms with Gasteiger partial charge in [0.1, 0.15) is 0 Å². The second-order valence-electron chi connectivity index (χ2n) is 3.84. The second-order valence-corrected chi connectivity index (χ2v) is 5.60. The Morgan fingerprint density at radius 2 is 2.56 bits per heavy atom. The van der Waals surface area contributed by atoms with Crippen LogP contribution in [0.4, 0.5) is 5.82 Å². The van der Waals surface area contributed by atoms with Gasteiger partial charge in [0.2, 0.25) is 0 Å². The molecule has 1 aromatic heterocycles. The van der Waals surface area contributed by atoms with E-state index < -0.39 is 4.45 Å². The molecule has 5 nitrogen and oxygen atoms in total. The molecule has 0 aromatic carbocycles. The standard InChI is InChI=1S/C11H13BrClN3O2/c1-2-18-10(17)11(12)5-7-16(15-11)9-8(13)4-3-6-14-9/h3-4,6,15H,2,5,7H2,1H3. The molecule has 1 aliphatic heterocycles. The van der Waals surface area contributed by atoms with Gasteiger partial charge in [0.05, 0.1) is 11.6 Å². The molecule has 0 amide bonds. The van der Waals surface area contributed by atoms with Gasteiger partial charge >= 0.3 is 5.97 Å². The third-order valence-corrected chi connectivity index (χ3v) is 3.78. The van der Waals surface area contributed by atoms with E-state index in [1.165, 1.54) is 0 Å². The van der Waals surface area contributed by atoms with Crippen molar-refractivity contribution in [3.63, 3.8) is 0 Å². The number of alkyl halides is 1. The van der Waals surface area contributed by atoms with Crippen LogP contribution >= 0.6 is 27.5 Å². The summed E-state index contributed by atoms with van der Waals surface area (Å²) >= 11 is 9.44. The van der Waals surface area contributed by atoms with E-state index in [4.69, 9.17) is 16.3 Å². The first kappa shape index (κ1) is 13.6. The first-order chi connectivity index (χ1) is 8.57. The number of halogens is 2. The third-order valence-electron chi connectivity index (χ3n) is 2.59. The molecular formula is C11H13BrClN3O2. The topological polar surface area (TPSA) is 54.5 Å². The number of hydrogen-bond acceptors (Lipinski definition) is 5. The van der Waals surface area contributed by atoms with E-state index in [-0.39, 0.29) is 5.97 Å². The molecule has 0 aliphatic carbocycles. The number of hydrogen-bond donors (Lipinski definition) is 1. The Hall–Kier alpha value is -0.850. The Kier molecular flexibility index (Phi) is 4.09. The summed E-state index contributed by atoms with van der Waals surface area (Å²) in [6, 6.07) is 3.51. The molecule has 0 spiro atoms. The summed E-state index contributed by atoms with van der Waals surface area (Å²) in [5, 5.41) is 2.28. The zero-order valence-corrected chi connectivity index (χ0v) is 12.2. The Bertz CT molecular complexity index is 460. The van der Waals surface area contributed by atoms with Crippen LogP contribution in [0.25, 0.3) is 0 Å². The van der Waals surface area contributed by atoms with Crippen molar-refractivity contribution in [1.29, 1.82) is 0 Å². The number of nitrogens with one attached hydrogen (secondary N) is 1. The lowest BCUT2D eigenvalue weighted by Gasteiger charge is -2.23. The molecular weight excluding hydrogens is 321 g/mol. The van der Waals surface area contributed by atoms with Crippen molar-refractivity contribution in [2.75, 3.05) is 18.2 Å². The average molecular weight is 335 g/mol. The maximum absolute atomic E-state index is 11.8. The number of pyridine rings is 1. The van der Waals surface area contributed by atoms with Crippen molar-refractivity contribution in [1.82, 2.24) is 10.4 Å². The minimum Gasteiger partial charge on any atom is -0.464 e. The van der Waals surface area contributed by atoms with Gasteiger partial charge in [-0.1, -0.05) is 27.5 Å². The number of hydrazine groups is 1. The summed E-state index contributed by atoms with van der Waals surface area (Å²) in [5.41, 5.74) is 3.04. The molecule has 0 saturated carbocycles. The SMILES string of the molecule is CCOC(=O)C1(Br)CCN(c2ncccc2Cl)N1. The minimum absolute atomic E-state index is 0.334. The third kappa shape index (κ3) is 2.60. The monoisotopic (exact) mass is 333 g/mol. The summed E-state index contributed by atoms with van der Waals surface area (Å²) < 4.78 is 4.12. The van der Waals surface area contributed by atoms with E-state index in [9.17, 15) is 4.79 Å². The molecule has 7 heteroatoms. The van der Waals surface area contributed by atoms with E-state index in [0.717, 1.165) is 0 Å². The molecule has 1 aliphatic rings. The molecule has 98 valence electrons. The van der Waals surface area contributed by atoms with Crippen LogP contribution in [-0.2, 0) is 9.53 Å². The number of nitrogens with zero attached hydrogens (tertiary/aromatic N) is 2. The Balaban J connectivity index is 2.13. The fraction of sp³-hybridized carbons (Fsp3) is 0.455. The number of carbonyl (C=O) groups excluding carboxylic acids is 1. The van der Waals surface area contributed by atoms with E-state index in [1.54, 1.807) is 30.3 Å². The van der Waals surface area contributed by atoms with E-state index in [1.807, 2.05) is 0 Å². The molecule has 18 heavy (non-hydrogen) atoms. The molecule has 1 N–H and O–H groups in total. The summed E-state index contributed by atoms with van der Waals surface area (Å²) in [7, 11) is 0. The average Bonchev–Trinajstić information content (AvgIpc) is 2.74. The lowest BCUT2D eigenvalue weighted by molar-refractivity contribution is -0.146. The second kappa shape index (κ2) is 5.42. The van der Waals surface area contributed by atoms with Gasteiger partial charge in [0.15, 0.2) is 10.3 Å². The van der Waals surface area contributed by atoms with Crippen LogP contribution < -0.4 is 10.4 Å². The van der Waals surface area contributed by atoms with Crippen molar-refractivity contribution >= 4 is 39.3 Å². The number of rotatable bonds is 3. The maximum Gasteiger partial charge on any atom is 0.339 e. The van der Waals surface area contributed by atoms with Crippen LogP contribution in [-0.4, -0.2) is 28.6 Å². The van der Waals surface area contributed by atoms with Gasteiger partial charge in [-0.2, -0.15) is 0 Å². The quantitative estimate of drug-likeness (QED) is 0.521. The molecule has 0 radical (unpaired) electrons. The van der Waals surface area contributed by atoms with Gasteiger partial charge in [0, 0.05) is 19.2 Å². The number of anilines is 1. The lowest BCUT2D eigenvalue weighted by Crippen LogP contribution is -2.48. The Labute approximate surface area is 119 Å². The number of aromatic nitrogens is 1. The van der Waals surface area contributed by atoms with Gasteiger partial charge in [-0.05, 0) is 19.1 Å². The summed E-state index contributed by atoms with van der Waals surface area (Å²) in [4.78, 5) is 16.0. The molecule has 1 unspecified atom stereocenters. The molecule has 1 fully saturated rings. The number of ether oxygens (including phenoxy) is 1. The molecule has 2 rings (SSSR count). The van der Waals surface area contributed by atoms with Crippen molar-refractivity contribution in [3.05, 3.63) is 23.4 Å². The fourth-order valence-electron chi connectivity index (χ4n) is 1.72. The number of esters is 1. The predicted molar refractivity (Wildman–Crippen MR) is 72.6 cm³/mol. The van der Waals surface area contributed by atoms with Crippen LogP contribution in [0.15, 0.2) is 18.3 Å². The van der Waals surface area contributed by atoms with Gasteiger partial charge in [-0.15, -0.1) is 0 Å². The minimum atomic E-state index is -0.899. The highest BCUT2D eigenvalue weighted by atomic mass is 79.9. The molecule has 1 saturated heterocycles. The number of carbonyl (C=O) groups is 1. The first-order valence-electron chi connectivity index (χ1n) is 5.59. The summed E-state index contributed by atoms with van der Waals surface area (Å²) in [6.07, 6.45) is 2.22. The smallest absolute Gasteiger partial charge is 0.339 e. The van der Waals surface area contributed by atoms with Gasteiger partial charge in [0.25, 0.3) is 0 Å². The van der Waals surface area contributed by atoms with Crippen LogP contribution in [0.3, 0.4) is 0 Å². The largest absolute Gasteiger partial charge is 0.464 e. The highest BCUT2D eigenvalue weighted by molar-refractivity contribution is 9.10. The van der Waals surface area contributed by atoms with Crippen molar-refractivity contribution in [2.45, 2.75) is 17.8 Å². The first-order valence-corrected chi connectivity index (χ1v) is 6.76. The highest BCUT2D eigenvalue weighted by Crippen LogP contribution is 2.32. The fourth-order valence-corrected chi connectivity index (χ4v) is 2.45. The van der Waals surface area contributed by atoms with E-state index in [2.05, 4.69) is 26.3 Å². The Morgan fingerprint density at radius 1 is 1.78 bits per heavy atom. The van der Waals surface area contributed by atoms with Crippen molar-refractivity contribution in [2.24, 2.45) is 0 Å². The lowest BCUT2D eigenvalue weighted by atomic mass is 10.2. The van der Waals surface area contributed by atoms with Gasteiger partial charge in [-0.25, -0.2) is 15.2 Å². The predicted octanol–water partition coefficient (Wildman–Crippen LogP) is 2.10.